The van der Waals surface area contributed by atoms with E-state index in [1.165, 1.54) is 4.90 Å². The number of nitrogens with zero attached hydrogens (tertiary/aromatic N) is 4. The SMILES string of the molecule is CN1CCC(O)(C#Cc2cccc(-c3cc(-n4cccn4)cc(C(N)=O)n3)c2)C1=O. The summed E-state index contributed by atoms with van der Waals surface area (Å²) >= 11 is 0. The van der Waals surface area contributed by atoms with E-state index < -0.39 is 17.4 Å². The van der Waals surface area contributed by atoms with E-state index in [2.05, 4.69) is 21.9 Å². The van der Waals surface area contributed by atoms with Crippen LogP contribution in [0.4, 0.5) is 0 Å². The first-order valence-electron chi connectivity index (χ1n) is 9.29. The molecule has 150 valence electrons. The van der Waals surface area contributed by atoms with Gasteiger partial charge in [-0.2, -0.15) is 5.10 Å². The minimum Gasteiger partial charge on any atom is -0.369 e. The molecule has 0 bridgehead atoms. The molecule has 1 aliphatic rings. The summed E-state index contributed by atoms with van der Waals surface area (Å²) in [7, 11) is 1.64. The van der Waals surface area contributed by atoms with E-state index in [0.717, 1.165) is 0 Å². The summed E-state index contributed by atoms with van der Waals surface area (Å²) in [6, 6.07) is 12.3. The first-order chi connectivity index (χ1) is 14.4. The Balaban J connectivity index is 1.72. The molecular formula is C22H19N5O3. The Kier molecular flexibility index (Phi) is 4.82. The number of nitrogens with two attached hydrogens (primary N) is 1. The average molecular weight is 401 g/mol. The molecule has 2 amide bonds. The lowest BCUT2D eigenvalue weighted by Crippen LogP contribution is -2.37. The fourth-order valence-corrected chi connectivity index (χ4v) is 3.25. The molecular weight excluding hydrogens is 382 g/mol. The van der Waals surface area contributed by atoms with E-state index in [1.807, 2.05) is 6.07 Å². The number of carbonyl (C=O) groups is 2. The summed E-state index contributed by atoms with van der Waals surface area (Å²) < 4.78 is 1.61. The third-order valence-corrected chi connectivity index (χ3v) is 4.91. The summed E-state index contributed by atoms with van der Waals surface area (Å²) in [5, 5.41) is 14.7. The molecule has 1 atom stereocenters. The van der Waals surface area contributed by atoms with Crippen molar-refractivity contribution >= 4 is 11.8 Å². The Labute approximate surface area is 173 Å². The second-order valence-electron chi connectivity index (χ2n) is 7.08. The Hall–Kier alpha value is -3.96. The molecule has 8 heteroatoms. The molecule has 3 heterocycles. The van der Waals surface area contributed by atoms with E-state index >= 15 is 0 Å². The van der Waals surface area contributed by atoms with Gasteiger partial charge in [-0.1, -0.05) is 24.0 Å². The number of carbonyl (C=O) groups excluding carboxylic acids is 2. The van der Waals surface area contributed by atoms with Crippen molar-refractivity contribution in [2.75, 3.05) is 13.6 Å². The normalized spacial score (nSPS) is 18.2. The van der Waals surface area contributed by atoms with Crippen LogP contribution < -0.4 is 5.73 Å². The number of aliphatic hydroxyl groups is 1. The second-order valence-corrected chi connectivity index (χ2v) is 7.08. The zero-order chi connectivity index (χ0) is 21.3. The number of aromatic nitrogens is 3. The number of benzene rings is 1. The van der Waals surface area contributed by atoms with Crippen LogP contribution in [-0.4, -0.2) is 55.8 Å². The fraction of sp³-hybridized carbons (Fsp3) is 0.182. The summed E-state index contributed by atoms with van der Waals surface area (Å²) in [4.78, 5) is 29.7. The number of hydrogen-bond donors (Lipinski definition) is 2. The summed E-state index contributed by atoms with van der Waals surface area (Å²) in [5.41, 5.74) is 6.38. The Morgan fingerprint density at radius 3 is 2.77 bits per heavy atom. The predicted molar refractivity (Wildman–Crippen MR) is 109 cm³/mol. The van der Waals surface area contributed by atoms with Crippen LogP contribution in [0.25, 0.3) is 16.9 Å². The van der Waals surface area contributed by atoms with Gasteiger partial charge in [0.25, 0.3) is 11.8 Å². The van der Waals surface area contributed by atoms with E-state index in [4.69, 9.17) is 5.73 Å². The van der Waals surface area contributed by atoms with Gasteiger partial charge in [-0.3, -0.25) is 9.59 Å². The van der Waals surface area contributed by atoms with Gasteiger partial charge in [0.05, 0.1) is 11.4 Å². The molecule has 1 fully saturated rings. The highest BCUT2D eigenvalue weighted by molar-refractivity contribution is 5.92. The largest absolute Gasteiger partial charge is 0.369 e. The van der Waals surface area contributed by atoms with Gasteiger partial charge in [-0.25, -0.2) is 9.67 Å². The first-order valence-corrected chi connectivity index (χ1v) is 9.29. The fourth-order valence-electron chi connectivity index (χ4n) is 3.25. The van der Waals surface area contributed by atoms with Gasteiger partial charge in [-0.05, 0) is 30.3 Å². The van der Waals surface area contributed by atoms with Crippen LogP contribution in [-0.2, 0) is 4.79 Å². The van der Waals surface area contributed by atoms with E-state index in [9.17, 15) is 14.7 Å². The molecule has 0 radical (unpaired) electrons. The maximum Gasteiger partial charge on any atom is 0.267 e. The number of pyridine rings is 1. The molecule has 3 N–H and O–H groups in total. The third kappa shape index (κ3) is 3.66. The number of rotatable bonds is 3. The first kappa shape index (κ1) is 19.4. The molecule has 0 spiro atoms. The Morgan fingerprint density at radius 2 is 2.10 bits per heavy atom. The third-order valence-electron chi connectivity index (χ3n) is 4.91. The van der Waals surface area contributed by atoms with Crippen molar-refractivity contribution in [3.05, 3.63) is 66.1 Å². The van der Waals surface area contributed by atoms with Crippen LogP contribution >= 0.6 is 0 Å². The van der Waals surface area contributed by atoms with Gasteiger partial charge in [-0.15, -0.1) is 0 Å². The van der Waals surface area contributed by atoms with Crippen molar-refractivity contribution in [3.8, 4) is 28.8 Å². The molecule has 0 aliphatic carbocycles. The van der Waals surface area contributed by atoms with Crippen molar-refractivity contribution in [2.24, 2.45) is 5.73 Å². The van der Waals surface area contributed by atoms with Crippen LogP contribution in [0.2, 0.25) is 0 Å². The highest BCUT2D eigenvalue weighted by Gasteiger charge is 2.42. The Bertz CT molecular complexity index is 1190. The van der Waals surface area contributed by atoms with E-state index in [0.29, 0.717) is 29.1 Å². The monoisotopic (exact) mass is 401 g/mol. The summed E-state index contributed by atoms with van der Waals surface area (Å²) in [5.74, 6) is 4.54. The zero-order valence-electron chi connectivity index (χ0n) is 16.2. The van der Waals surface area contributed by atoms with E-state index in [-0.39, 0.29) is 12.1 Å². The van der Waals surface area contributed by atoms with Crippen molar-refractivity contribution < 1.29 is 14.7 Å². The molecule has 2 aromatic heterocycles. The van der Waals surface area contributed by atoms with Gasteiger partial charge in [0.15, 0.2) is 0 Å². The molecule has 1 aliphatic heterocycles. The van der Waals surface area contributed by atoms with Crippen molar-refractivity contribution in [2.45, 2.75) is 12.0 Å². The average Bonchev–Trinajstić information content (AvgIpc) is 3.38. The maximum absolute atomic E-state index is 12.1. The number of hydrogen-bond acceptors (Lipinski definition) is 5. The van der Waals surface area contributed by atoms with Gasteiger partial charge < -0.3 is 15.7 Å². The second kappa shape index (κ2) is 7.46. The lowest BCUT2D eigenvalue weighted by molar-refractivity contribution is -0.137. The van der Waals surface area contributed by atoms with Crippen LogP contribution in [0.1, 0.15) is 22.5 Å². The number of likely N-dealkylation sites (tertiary alicyclic amines) is 1. The quantitative estimate of drug-likeness (QED) is 0.635. The lowest BCUT2D eigenvalue weighted by Gasteiger charge is -2.13. The highest BCUT2D eigenvalue weighted by atomic mass is 16.3. The van der Waals surface area contributed by atoms with Crippen LogP contribution in [0.3, 0.4) is 0 Å². The van der Waals surface area contributed by atoms with Gasteiger partial charge >= 0.3 is 0 Å². The molecule has 0 saturated carbocycles. The maximum atomic E-state index is 12.1. The Morgan fingerprint density at radius 1 is 1.27 bits per heavy atom. The van der Waals surface area contributed by atoms with Gasteiger partial charge in [0, 0.05) is 43.5 Å². The zero-order valence-corrected chi connectivity index (χ0v) is 16.2. The number of amides is 2. The molecule has 1 unspecified atom stereocenters. The van der Waals surface area contributed by atoms with Gasteiger partial charge in [0.1, 0.15) is 5.69 Å². The van der Waals surface area contributed by atoms with Crippen molar-refractivity contribution in [1.29, 1.82) is 0 Å². The van der Waals surface area contributed by atoms with Crippen molar-refractivity contribution in [1.82, 2.24) is 19.7 Å². The molecule has 1 saturated heterocycles. The van der Waals surface area contributed by atoms with Crippen LogP contribution in [0.15, 0.2) is 54.9 Å². The van der Waals surface area contributed by atoms with Crippen molar-refractivity contribution in [3.63, 3.8) is 0 Å². The smallest absolute Gasteiger partial charge is 0.267 e. The molecule has 3 aromatic rings. The number of likely N-dealkylation sites (N-methyl/N-ethyl adjacent to an activating group) is 1. The standard InChI is InChI=1S/C22H19N5O3/c1-26-11-8-22(30,21(26)29)7-6-15-4-2-5-16(12-15)18-13-17(27-10-3-9-24-27)14-19(25-18)20(23)28/h2-5,9-10,12-14,30H,8,11H2,1H3,(H2,23,28). The summed E-state index contributed by atoms with van der Waals surface area (Å²) in [6.07, 6.45) is 3.65. The lowest BCUT2D eigenvalue weighted by atomic mass is 10.0. The molecule has 1 aromatic carbocycles. The van der Waals surface area contributed by atoms with E-state index in [1.54, 1.807) is 60.5 Å². The minimum absolute atomic E-state index is 0.114. The molecule has 4 rings (SSSR count). The highest BCUT2D eigenvalue weighted by Crippen LogP contribution is 2.23. The minimum atomic E-state index is -1.66. The number of primary amides is 1. The van der Waals surface area contributed by atoms with Crippen LogP contribution in [0, 0.1) is 11.8 Å². The van der Waals surface area contributed by atoms with Crippen LogP contribution in [0.5, 0.6) is 0 Å². The molecule has 30 heavy (non-hydrogen) atoms. The molecule has 8 nitrogen and oxygen atoms in total. The summed E-state index contributed by atoms with van der Waals surface area (Å²) in [6.45, 7) is 0.462. The van der Waals surface area contributed by atoms with Gasteiger partial charge in [0.2, 0.25) is 5.60 Å². The predicted octanol–water partition coefficient (Wildman–Crippen LogP) is 0.978. The topological polar surface area (TPSA) is 114 Å².